The summed E-state index contributed by atoms with van der Waals surface area (Å²) in [5.41, 5.74) is -0.263. The Hall–Kier alpha value is -1.52. The summed E-state index contributed by atoms with van der Waals surface area (Å²) in [6, 6.07) is 5.07. The summed E-state index contributed by atoms with van der Waals surface area (Å²) >= 11 is 0. The molecule has 0 bridgehead atoms. The van der Waals surface area contributed by atoms with Crippen LogP contribution in [0.3, 0.4) is 0 Å². The topological polar surface area (TPSA) is 29.1 Å². The van der Waals surface area contributed by atoms with E-state index in [-0.39, 0.29) is 11.7 Å². The molecule has 1 saturated carbocycles. The average Bonchev–Trinajstić information content (AvgIpc) is 2.37. The van der Waals surface area contributed by atoms with Crippen LogP contribution < -0.4 is 5.32 Å². The zero-order chi connectivity index (χ0) is 13.9. The van der Waals surface area contributed by atoms with E-state index >= 15 is 0 Å². The summed E-state index contributed by atoms with van der Waals surface area (Å²) in [5.74, 6) is 0.147. The lowest BCUT2D eigenvalue weighted by molar-refractivity contribution is -0.137. The van der Waals surface area contributed by atoms with E-state index in [1.54, 1.807) is 6.07 Å². The van der Waals surface area contributed by atoms with Gasteiger partial charge in [0.1, 0.15) is 5.78 Å². The van der Waals surface area contributed by atoms with Gasteiger partial charge in [-0.15, -0.1) is 0 Å². The quantitative estimate of drug-likeness (QED) is 0.904. The van der Waals surface area contributed by atoms with Crippen molar-refractivity contribution in [3.63, 3.8) is 0 Å². The van der Waals surface area contributed by atoms with Crippen LogP contribution in [0, 0.1) is 5.92 Å². The van der Waals surface area contributed by atoms with Crippen molar-refractivity contribution < 1.29 is 18.0 Å². The minimum Gasteiger partial charge on any atom is -0.384 e. The van der Waals surface area contributed by atoms with Gasteiger partial charge in [0.05, 0.1) is 5.56 Å². The Morgan fingerprint density at radius 3 is 2.74 bits per heavy atom. The monoisotopic (exact) mass is 271 g/mol. The molecule has 0 aromatic heterocycles. The van der Waals surface area contributed by atoms with E-state index in [0.717, 1.165) is 31.4 Å². The second-order valence-electron chi connectivity index (χ2n) is 4.87. The van der Waals surface area contributed by atoms with Gasteiger partial charge in [0.15, 0.2) is 0 Å². The van der Waals surface area contributed by atoms with Crippen LogP contribution in [0.5, 0.6) is 0 Å². The van der Waals surface area contributed by atoms with Crippen molar-refractivity contribution in [3.8, 4) is 0 Å². The fourth-order valence-corrected chi connectivity index (χ4v) is 2.32. The van der Waals surface area contributed by atoms with Crippen molar-refractivity contribution in [2.75, 3.05) is 11.9 Å². The van der Waals surface area contributed by atoms with Crippen molar-refractivity contribution in [3.05, 3.63) is 29.8 Å². The van der Waals surface area contributed by atoms with E-state index in [1.165, 1.54) is 6.07 Å². The van der Waals surface area contributed by atoms with Gasteiger partial charge < -0.3 is 5.32 Å². The van der Waals surface area contributed by atoms with Gasteiger partial charge in [-0.1, -0.05) is 12.5 Å². The molecule has 0 heterocycles. The van der Waals surface area contributed by atoms with Gasteiger partial charge in [-0.25, -0.2) is 0 Å². The summed E-state index contributed by atoms with van der Waals surface area (Å²) in [6.07, 6.45) is -0.975. The van der Waals surface area contributed by atoms with Crippen LogP contribution in [0.2, 0.25) is 0 Å². The average molecular weight is 271 g/mol. The number of hydrogen-bond donors (Lipinski definition) is 1. The number of Topliss-reactive ketones (excluding diaryl/α,β-unsaturated/α-hetero) is 1. The Labute approximate surface area is 110 Å². The molecule has 1 N–H and O–H groups in total. The van der Waals surface area contributed by atoms with Crippen LogP contribution in [-0.2, 0) is 11.0 Å². The summed E-state index contributed by atoms with van der Waals surface area (Å²) in [6.45, 7) is 0.417. The van der Waals surface area contributed by atoms with Gasteiger partial charge >= 0.3 is 6.18 Å². The number of nitrogens with one attached hydrogen (secondary N) is 1. The van der Waals surface area contributed by atoms with Gasteiger partial charge in [0, 0.05) is 24.6 Å². The maximum atomic E-state index is 12.5. The highest BCUT2D eigenvalue weighted by Crippen LogP contribution is 2.31. The van der Waals surface area contributed by atoms with Crippen molar-refractivity contribution >= 4 is 11.5 Å². The highest BCUT2D eigenvalue weighted by atomic mass is 19.4. The molecule has 1 unspecified atom stereocenters. The summed E-state index contributed by atoms with van der Waals surface area (Å²) in [5, 5.41) is 2.94. The minimum absolute atomic E-state index is 0.0664. The summed E-state index contributed by atoms with van der Waals surface area (Å²) < 4.78 is 37.6. The van der Waals surface area contributed by atoms with E-state index < -0.39 is 11.7 Å². The molecule has 2 nitrogen and oxygen atoms in total. The van der Waals surface area contributed by atoms with Gasteiger partial charge in [-0.2, -0.15) is 13.2 Å². The third-order valence-corrected chi connectivity index (χ3v) is 3.42. The molecule has 1 aromatic carbocycles. The fraction of sp³-hybridized carbons (Fsp3) is 0.500. The molecule has 1 aliphatic carbocycles. The number of hydrogen-bond acceptors (Lipinski definition) is 2. The molecule has 1 aromatic rings. The molecule has 1 fully saturated rings. The minimum atomic E-state index is -4.33. The molecule has 0 spiro atoms. The van der Waals surface area contributed by atoms with E-state index in [2.05, 4.69) is 5.32 Å². The smallest absolute Gasteiger partial charge is 0.384 e. The predicted octanol–water partition coefficient (Wildman–Crippen LogP) is 3.88. The molecule has 0 amide bonds. The molecule has 0 radical (unpaired) electrons. The summed E-state index contributed by atoms with van der Waals surface area (Å²) in [4.78, 5) is 11.6. The van der Waals surface area contributed by atoms with E-state index in [1.807, 2.05) is 0 Å². The maximum absolute atomic E-state index is 12.5. The van der Waals surface area contributed by atoms with Crippen molar-refractivity contribution in [2.24, 2.45) is 5.92 Å². The van der Waals surface area contributed by atoms with Gasteiger partial charge in [-0.3, -0.25) is 4.79 Å². The number of carbonyl (C=O) groups is 1. The normalized spacial score (nSPS) is 20.4. The van der Waals surface area contributed by atoms with E-state index in [4.69, 9.17) is 0 Å². The van der Waals surface area contributed by atoms with Crippen LogP contribution in [0.15, 0.2) is 24.3 Å². The van der Waals surface area contributed by atoms with Crippen LogP contribution in [-0.4, -0.2) is 12.3 Å². The molecule has 1 atom stereocenters. The molecule has 19 heavy (non-hydrogen) atoms. The summed E-state index contributed by atoms with van der Waals surface area (Å²) in [7, 11) is 0. The second-order valence-corrected chi connectivity index (χ2v) is 4.87. The molecule has 5 heteroatoms. The zero-order valence-electron chi connectivity index (χ0n) is 10.5. The van der Waals surface area contributed by atoms with Gasteiger partial charge in [0.2, 0.25) is 0 Å². The highest BCUT2D eigenvalue weighted by Gasteiger charge is 2.30. The Balaban J connectivity index is 1.98. The van der Waals surface area contributed by atoms with Crippen LogP contribution in [0.4, 0.5) is 18.9 Å². The molecule has 104 valence electrons. The molecular formula is C14H16F3NO. The number of alkyl halides is 3. The first-order valence-corrected chi connectivity index (χ1v) is 6.40. The lowest BCUT2D eigenvalue weighted by atomic mass is 9.88. The molecule has 0 saturated heterocycles. The molecule has 2 rings (SSSR count). The second kappa shape index (κ2) is 5.63. The lowest BCUT2D eigenvalue weighted by Gasteiger charge is -2.21. The van der Waals surface area contributed by atoms with Gasteiger partial charge in [-0.05, 0) is 31.0 Å². The number of ketones is 1. The first-order chi connectivity index (χ1) is 8.97. The Bertz CT molecular complexity index is 456. The Morgan fingerprint density at radius 1 is 1.26 bits per heavy atom. The Kier molecular flexibility index (Phi) is 4.12. The largest absolute Gasteiger partial charge is 0.416 e. The highest BCUT2D eigenvalue weighted by molar-refractivity contribution is 5.82. The van der Waals surface area contributed by atoms with Crippen molar-refractivity contribution in [2.45, 2.75) is 31.9 Å². The number of benzene rings is 1. The zero-order valence-corrected chi connectivity index (χ0v) is 10.5. The fourth-order valence-electron chi connectivity index (χ4n) is 2.32. The third-order valence-electron chi connectivity index (χ3n) is 3.42. The van der Waals surface area contributed by atoms with Crippen molar-refractivity contribution in [1.29, 1.82) is 0 Å². The van der Waals surface area contributed by atoms with Crippen LogP contribution >= 0.6 is 0 Å². The number of rotatable bonds is 3. The number of anilines is 1. The SMILES string of the molecule is O=C1CCCCC1CNc1cccc(C(F)(F)F)c1. The maximum Gasteiger partial charge on any atom is 0.416 e. The standard InChI is InChI=1S/C14H16F3NO/c15-14(16,17)11-5-3-6-12(8-11)18-9-10-4-1-2-7-13(10)19/h3,5-6,8,10,18H,1-2,4,7,9H2. The van der Waals surface area contributed by atoms with E-state index in [9.17, 15) is 18.0 Å². The Morgan fingerprint density at radius 2 is 2.05 bits per heavy atom. The van der Waals surface area contributed by atoms with Crippen LogP contribution in [0.1, 0.15) is 31.2 Å². The van der Waals surface area contributed by atoms with Gasteiger partial charge in [0.25, 0.3) is 0 Å². The third kappa shape index (κ3) is 3.72. The van der Waals surface area contributed by atoms with Crippen LogP contribution in [0.25, 0.3) is 0 Å². The molecule has 0 aliphatic heterocycles. The van der Waals surface area contributed by atoms with Crippen molar-refractivity contribution in [1.82, 2.24) is 0 Å². The molecular weight excluding hydrogens is 255 g/mol. The first kappa shape index (κ1) is 13.9. The predicted molar refractivity (Wildman–Crippen MR) is 66.9 cm³/mol. The first-order valence-electron chi connectivity index (χ1n) is 6.40. The number of halogens is 3. The molecule has 1 aliphatic rings. The lowest BCUT2D eigenvalue weighted by Crippen LogP contribution is -2.26. The number of carbonyl (C=O) groups excluding carboxylic acids is 1. The van der Waals surface area contributed by atoms with E-state index in [0.29, 0.717) is 18.7 Å².